The van der Waals surface area contributed by atoms with Gasteiger partial charge in [0.05, 0.1) is 4.47 Å². The molecule has 0 bridgehead atoms. The van der Waals surface area contributed by atoms with Crippen molar-refractivity contribution in [2.45, 2.75) is 17.9 Å². The Morgan fingerprint density at radius 2 is 2.29 bits per heavy atom. The van der Waals surface area contributed by atoms with Crippen LogP contribution in [0, 0.1) is 5.82 Å². The van der Waals surface area contributed by atoms with Crippen LogP contribution >= 0.6 is 27.7 Å². The zero-order valence-electron chi connectivity index (χ0n) is 7.97. The maximum atomic E-state index is 12.9. The van der Waals surface area contributed by atoms with E-state index in [2.05, 4.69) is 22.9 Å². The van der Waals surface area contributed by atoms with E-state index in [4.69, 9.17) is 5.73 Å². The maximum Gasteiger partial charge on any atom is 0.137 e. The van der Waals surface area contributed by atoms with Gasteiger partial charge in [-0.05, 0) is 33.6 Å². The Morgan fingerprint density at radius 3 is 2.86 bits per heavy atom. The lowest BCUT2D eigenvalue weighted by Gasteiger charge is -2.08. The van der Waals surface area contributed by atoms with E-state index in [1.807, 2.05) is 6.07 Å². The van der Waals surface area contributed by atoms with Crippen LogP contribution in [0.15, 0.2) is 22.7 Å². The number of hydrogen-bond acceptors (Lipinski definition) is 2. The van der Waals surface area contributed by atoms with E-state index in [-0.39, 0.29) is 5.82 Å². The van der Waals surface area contributed by atoms with Crippen LogP contribution in [-0.4, -0.2) is 11.8 Å². The van der Waals surface area contributed by atoms with Crippen molar-refractivity contribution in [2.75, 3.05) is 6.54 Å². The summed E-state index contributed by atoms with van der Waals surface area (Å²) in [5.41, 5.74) is 6.61. The normalized spacial score (nSPS) is 12.9. The van der Waals surface area contributed by atoms with Crippen LogP contribution in [0.2, 0.25) is 0 Å². The summed E-state index contributed by atoms with van der Waals surface area (Å²) in [5.74, 6) is 0.655. The minimum Gasteiger partial charge on any atom is -0.329 e. The Kier molecular flexibility index (Phi) is 4.92. The molecule has 0 saturated heterocycles. The largest absolute Gasteiger partial charge is 0.329 e. The van der Waals surface area contributed by atoms with Crippen molar-refractivity contribution in [1.29, 1.82) is 0 Å². The van der Waals surface area contributed by atoms with Crippen molar-refractivity contribution in [1.82, 2.24) is 0 Å². The molecule has 0 radical (unpaired) electrons. The molecule has 2 N–H and O–H groups in total. The van der Waals surface area contributed by atoms with Gasteiger partial charge in [-0.2, -0.15) is 11.8 Å². The zero-order chi connectivity index (χ0) is 10.6. The van der Waals surface area contributed by atoms with E-state index in [9.17, 15) is 4.39 Å². The van der Waals surface area contributed by atoms with Gasteiger partial charge in [0.25, 0.3) is 0 Å². The van der Waals surface area contributed by atoms with Crippen molar-refractivity contribution in [3.8, 4) is 0 Å². The summed E-state index contributed by atoms with van der Waals surface area (Å²) >= 11 is 4.94. The predicted molar refractivity (Wildman–Crippen MR) is 63.9 cm³/mol. The molecule has 0 heterocycles. The first-order valence-electron chi connectivity index (χ1n) is 4.39. The van der Waals surface area contributed by atoms with Gasteiger partial charge in [-0.25, -0.2) is 4.39 Å². The second kappa shape index (κ2) is 5.73. The van der Waals surface area contributed by atoms with E-state index in [1.165, 1.54) is 6.07 Å². The Bertz CT molecular complexity index is 306. The summed E-state index contributed by atoms with van der Waals surface area (Å²) in [6, 6.07) is 5.09. The van der Waals surface area contributed by atoms with Gasteiger partial charge >= 0.3 is 0 Å². The van der Waals surface area contributed by atoms with Crippen LogP contribution in [0.4, 0.5) is 4.39 Å². The molecule has 1 atom stereocenters. The molecule has 0 amide bonds. The first kappa shape index (κ1) is 12.0. The van der Waals surface area contributed by atoms with Gasteiger partial charge in [0, 0.05) is 17.5 Å². The smallest absolute Gasteiger partial charge is 0.137 e. The summed E-state index contributed by atoms with van der Waals surface area (Å²) in [6.07, 6.45) is 0. The molecule has 1 nitrogen and oxygen atoms in total. The molecular weight excluding hydrogens is 265 g/mol. The highest BCUT2D eigenvalue weighted by atomic mass is 79.9. The third-order valence-electron chi connectivity index (χ3n) is 1.85. The number of nitrogens with two attached hydrogens (primary N) is 1. The zero-order valence-corrected chi connectivity index (χ0v) is 10.4. The average Bonchev–Trinajstić information content (AvgIpc) is 2.19. The Balaban J connectivity index is 2.55. The second-order valence-electron chi connectivity index (χ2n) is 3.11. The van der Waals surface area contributed by atoms with Crippen LogP contribution in [0.3, 0.4) is 0 Å². The number of rotatable bonds is 4. The van der Waals surface area contributed by atoms with Gasteiger partial charge < -0.3 is 5.73 Å². The standard InChI is InChI=1S/C10H13BrFNS/c1-7(5-13)14-6-8-2-3-10(12)9(11)4-8/h2-4,7H,5-6,13H2,1H3. The summed E-state index contributed by atoms with van der Waals surface area (Å²) in [5, 5.41) is 0.443. The lowest BCUT2D eigenvalue weighted by Crippen LogP contribution is -2.12. The van der Waals surface area contributed by atoms with Gasteiger partial charge in [0.1, 0.15) is 5.82 Å². The van der Waals surface area contributed by atoms with Gasteiger partial charge in [-0.15, -0.1) is 0 Å². The summed E-state index contributed by atoms with van der Waals surface area (Å²) < 4.78 is 13.4. The van der Waals surface area contributed by atoms with E-state index < -0.39 is 0 Å². The highest BCUT2D eigenvalue weighted by Crippen LogP contribution is 2.21. The van der Waals surface area contributed by atoms with Crippen molar-refractivity contribution in [3.05, 3.63) is 34.1 Å². The quantitative estimate of drug-likeness (QED) is 0.915. The third kappa shape index (κ3) is 3.59. The number of benzene rings is 1. The molecule has 0 saturated carbocycles. The molecular formula is C10H13BrFNS. The third-order valence-corrected chi connectivity index (χ3v) is 3.72. The van der Waals surface area contributed by atoms with Crippen LogP contribution < -0.4 is 5.73 Å². The molecule has 0 aliphatic rings. The van der Waals surface area contributed by atoms with E-state index in [0.717, 1.165) is 11.3 Å². The van der Waals surface area contributed by atoms with Crippen molar-refractivity contribution >= 4 is 27.7 Å². The first-order valence-corrected chi connectivity index (χ1v) is 6.23. The lowest BCUT2D eigenvalue weighted by molar-refractivity contribution is 0.620. The number of halogens is 2. The minimum absolute atomic E-state index is 0.217. The Hall–Kier alpha value is -0.0600. The maximum absolute atomic E-state index is 12.9. The topological polar surface area (TPSA) is 26.0 Å². The first-order chi connectivity index (χ1) is 6.63. The molecule has 1 unspecified atom stereocenters. The lowest BCUT2D eigenvalue weighted by atomic mass is 10.2. The van der Waals surface area contributed by atoms with E-state index in [0.29, 0.717) is 16.3 Å². The molecule has 0 aliphatic carbocycles. The van der Waals surface area contributed by atoms with Crippen LogP contribution in [0.25, 0.3) is 0 Å². The Labute approximate surface area is 96.4 Å². The molecule has 78 valence electrons. The van der Waals surface area contributed by atoms with Crippen LogP contribution in [0.5, 0.6) is 0 Å². The molecule has 1 aromatic carbocycles. The highest BCUT2D eigenvalue weighted by molar-refractivity contribution is 9.10. The summed E-state index contributed by atoms with van der Waals surface area (Å²) in [7, 11) is 0. The van der Waals surface area contributed by atoms with Crippen molar-refractivity contribution in [3.63, 3.8) is 0 Å². The number of hydrogen-bond donors (Lipinski definition) is 1. The van der Waals surface area contributed by atoms with Gasteiger partial charge in [0.15, 0.2) is 0 Å². The fourth-order valence-corrected chi connectivity index (χ4v) is 2.15. The molecule has 0 aliphatic heterocycles. The molecule has 0 fully saturated rings. The van der Waals surface area contributed by atoms with Crippen LogP contribution in [-0.2, 0) is 5.75 Å². The molecule has 0 aromatic heterocycles. The van der Waals surface area contributed by atoms with Crippen molar-refractivity contribution in [2.24, 2.45) is 5.73 Å². The minimum atomic E-state index is -0.217. The highest BCUT2D eigenvalue weighted by Gasteiger charge is 2.03. The summed E-state index contributed by atoms with van der Waals surface area (Å²) in [4.78, 5) is 0. The van der Waals surface area contributed by atoms with Gasteiger partial charge in [-0.3, -0.25) is 0 Å². The summed E-state index contributed by atoms with van der Waals surface area (Å²) in [6.45, 7) is 2.76. The van der Waals surface area contributed by atoms with Gasteiger partial charge in [-0.1, -0.05) is 13.0 Å². The van der Waals surface area contributed by atoms with Crippen molar-refractivity contribution < 1.29 is 4.39 Å². The average molecular weight is 278 g/mol. The fraction of sp³-hybridized carbons (Fsp3) is 0.400. The monoisotopic (exact) mass is 277 g/mol. The Morgan fingerprint density at radius 1 is 1.57 bits per heavy atom. The molecule has 1 rings (SSSR count). The SMILES string of the molecule is CC(CN)SCc1ccc(F)c(Br)c1. The van der Waals surface area contributed by atoms with E-state index >= 15 is 0 Å². The molecule has 1 aromatic rings. The predicted octanol–water partition coefficient (Wildman–Crippen LogP) is 3.17. The second-order valence-corrected chi connectivity index (χ2v) is 5.39. The van der Waals surface area contributed by atoms with Gasteiger partial charge in [0.2, 0.25) is 0 Å². The van der Waals surface area contributed by atoms with Crippen LogP contribution in [0.1, 0.15) is 12.5 Å². The van der Waals surface area contributed by atoms with E-state index in [1.54, 1.807) is 17.8 Å². The molecule has 0 spiro atoms. The fourth-order valence-electron chi connectivity index (χ4n) is 0.936. The number of thioether (sulfide) groups is 1. The molecule has 4 heteroatoms. The molecule has 14 heavy (non-hydrogen) atoms.